The van der Waals surface area contributed by atoms with Crippen LogP contribution < -0.4 is 5.32 Å². The van der Waals surface area contributed by atoms with Gasteiger partial charge in [0.15, 0.2) is 0 Å². The molecule has 1 atom stereocenters. The van der Waals surface area contributed by atoms with Crippen molar-refractivity contribution in [3.05, 3.63) is 5.82 Å². The van der Waals surface area contributed by atoms with E-state index in [-0.39, 0.29) is 12.4 Å². The number of rotatable bonds is 4. The Morgan fingerprint density at radius 1 is 1.71 bits per heavy atom. The second-order valence-electron chi connectivity index (χ2n) is 3.07. The number of hydrogen-bond donors (Lipinski definition) is 4. The van der Waals surface area contributed by atoms with E-state index in [2.05, 4.69) is 25.9 Å². The topological polar surface area (TPSA) is 124 Å². The second-order valence-corrected chi connectivity index (χ2v) is 3.07. The summed E-state index contributed by atoms with van der Waals surface area (Å²) < 4.78 is 0. The maximum Gasteiger partial charge on any atom is 0.292 e. The van der Waals surface area contributed by atoms with Crippen molar-refractivity contribution in [3.8, 4) is 0 Å². The Balaban J connectivity index is 2.43. The van der Waals surface area contributed by atoms with Crippen LogP contribution in [-0.2, 0) is 0 Å². The Morgan fingerprint density at radius 3 is 2.93 bits per heavy atom. The molecule has 4 N–H and O–H groups in total. The average molecular weight is 201 g/mol. The molecule has 0 aliphatic rings. The van der Waals surface area contributed by atoms with Crippen LogP contribution in [0.5, 0.6) is 0 Å². The van der Waals surface area contributed by atoms with E-state index in [1.165, 1.54) is 6.92 Å². The Hall–Kier alpha value is -1.54. The lowest BCUT2D eigenvalue weighted by atomic mass is 10.1. The van der Waals surface area contributed by atoms with Crippen LogP contribution in [0.15, 0.2) is 0 Å². The van der Waals surface area contributed by atoms with E-state index in [1.807, 2.05) is 0 Å². The molecule has 0 fully saturated rings. The number of aromatic nitrogens is 4. The number of nitrogens with one attached hydrogen (secondary N) is 2. The number of nitrogens with zero attached hydrogens (tertiary/aromatic N) is 3. The molecule has 1 aromatic heterocycles. The van der Waals surface area contributed by atoms with Gasteiger partial charge in [0.1, 0.15) is 5.60 Å². The highest BCUT2D eigenvalue weighted by Crippen LogP contribution is 1.98. The summed E-state index contributed by atoms with van der Waals surface area (Å²) in [5.74, 6) is -0.675. The molecule has 8 heteroatoms. The van der Waals surface area contributed by atoms with Gasteiger partial charge in [0.25, 0.3) is 11.7 Å². The fraction of sp³-hybridized carbons (Fsp3) is 0.667. The number of aliphatic hydroxyl groups is 2. The third-order valence-electron chi connectivity index (χ3n) is 1.52. The summed E-state index contributed by atoms with van der Waals surface area (Å²) >= 11 is 0. The molecule has 0 radical (unpaired) electrons. The van der Waals surface area contributed by atoms with Crippen LogP contribution in [0.1, 0.15) is 17.5 Å². The summed E-state index contributed by atoms with van der Waals surface area (Å²) in [4.78, 5) is 11.2. The van der Waals surface area contributed by atoms with E-state index < -0.39 is 18.1 Å². The predicted octanol–water partition coefficient (Wildman–Crippen LogP) is -2.33. The van der Waals surface area contributed by atoms with E-state index >= 15 is 0 Å². The summed E-state index contributed by atoms with van der Waals surface area (Å²) in [6, 6.07) is 0. The van der Waals surface area contributed by atoms with Crippen LogP contribution in [0.3, 0.4) is 0 Å². The van der Waals surface area contributed by atoms with Crippen molar-refractivity contribution in [1.82, 2.24) is 25.9 Å². The van der Waals surface area contributed by atoms with Gasteiger partial charge in [0.05, 0.1) is 6.61 Å². The zero-order valence-electron chi connectivity index (χ0n) is 7.56. The van der Waals surface area contributed by atoms with E-state index in [9.17, 15) is 9.90 Å². The van der Waals surface area contributed by atoms with Crippen molar-refractivity contribution in [2.45, 2.75) is 12.5 Å². The normalized spacial score (nSPS) is 14.8. The first-order valence-electron chi connectivity index (χ1n) is 3.90. The van der Waals surface area contributed by atoms with Gasteiger partial charge in [-0.3, -0.25) is 4.79 Å². The first kappa shape index (κ1) is 10.5. The van der Waals surface area contributed by atoms with Crippen LogP contribution in [0.4, 0.5) is 0 Å². The summed E-state index contributed by atoms with van der Waals surface area (Å²) in [7, 11) is 0. The van der Waals surface area contributed by atoms with Crippen molar-refractivity contribution in [2.24, 2.45) is 0 Å². The fourth-order valence-electron chi connectivity index (χ4n) is 0.664. The molecule has 1 rings (SSSR count). The highest BCUT2D eigenvalue weighted by Gasteiger charge is 2.21. The summed E-state index contributed by atoms with van der Waals surface area (Å²) in [6.45, 7) is 0.861. The molecule has 0 spiro atoms. The smallest absolute Gasteiger partial charge is 0.292 e. The number of aromatic amines is 1. The van der Waals surface area contributed by atoms with Gasteiger partial charge in [-0.15, -0.1) is 10.2 Å². The number of amides is 1. The standard InChI is InChI=1S/C6H11N5O3/c1-6(14,3-12)2-7-5(13)4-8-10-11-9-4/h12,14H,2-3H2,1H3,(H,7,13)(H,8,9,10,11). The molecule has 0 aliphatic carbocycles. The fourth-order valence-corrected chi connectivity index (χ4v) is 0.664. The minimum Gasteiger partial charge on any atom is -0.393 e. The molecule has 0 bridgehead atoms. The zero-order valence-corrected chi connectivity index (χ0v) is 7.56. The number of carbonyl (C=O) groups is 1. The Morgan fingerprint density at radius 2 is 2.43 bits per heavy atom. The van der Waals surface area contributed by atoms with Gasteiger partial charge in [-0.2, -0.15) is 5.21 Å². The minimum atomic E-state index is -1.35. The van der Waals surface area contributed by atoms with Crippen LogP contribution in [-0.4, -0.2) is 55.5 Å². The molecule has 14 heavy (non-hydrogen) atoms. The lowest BCUT2D eigenvalue weighted by Crippen LogP contribution is -2.43. The predicted molar refractivity (Wildman–Crippen MR) is 44.2 cm³/mol. The van der Waals surface area contributed by atoms with E-state index in [0.717, 1.165) is 0 Å². The third kappa shape index (κ3) is 2.75. The average Bonchev–Trinajstić information content (AvgIpc) is 2.67. The number of aliphatic hydroxyl groups excluding tert-OH is 1. The molecule has 1 unspecified atom stereocenters. The molecule has 0 saturated heterocycles. The van der Waals surface area contributed by atoms with Gasteiger partial charge in [-0.05, 0) is 12.1 Å². The van der Waals surface area contributed by atoms with Crippen molar-refractivity contribution >= 4 is 5.91 Å². The molecule has 1 amide bonds. The van der Waals surface area contributed by atoms with E-state index in [1.54, 1.807) is 0 Å². The molecule has 8 nitrogen and oxygen atoms in total. The monoisotopic (exact) mass is 201 g/mol. The molecule has 0 aliphatic heterocycles. The minimum absolute atomic E-state index is 0.0864. The van der Waals surface area contributed by atoms with Crippen LogP contribution >= 0.6 is 0 Å². The number of carbonyl (C=O) groups excluding carboxylic acids is 1. The third-order valence-corrected chi connectivity index (χ3v) is 1.52. The maximum absolute atomic E-state index is 11.2. The molecule has 0 saturated carbocycles. The highest BCUT2D eigenvalue weighted by molar-refractivity contribution is 5.90. The van der Waals surface area contributed by atoms with E-state index in [4.69, 9.17) is 5.11 Å². The zero-order chi connectivity index (χ0) is 10.6. The molecular formula is C6H11N5O3. The number of H-pyrrole nitrogens is 1. The van der Waals surface area contributed by atoms with Crippen molar-refractivity contribution < 1.29 is 15.0 Å². The highest BCUT2D eigenvalue weighted by atomic mass is 16.3. The van der Waals surface area contributed by atoms with Gasteiger partial charge in [0, 0.05) is 6.54 Å². The molecule has 1 heterocycles. The van der Waals surface area contributed by atoms with Crippen LogP contribution in [0.2, 0.25) is 0 Å². The Labute approximate surface area is 79.3 Å². The number of tetrazole rings is 1. The number of hydrogen-bond acceptors (Lipinski definition) is 6. The molecular weight excluding hydrogens is 190 g/mol. The maximum atomic E-state index is 11.2. The summed E-state index contributed by atoms with van der Waals surface area (Å²) in [6.07, 6.45) is 0. The lowest BCUT2D eigenvalue weighted by Gasteiger charge is -2.19. The first-order valence-corrected chi connectivity index (χ1v) is 3.90. The van der Waals surface area contributed by atoms with Crippen molar-refractivity contribution in [3.63, 3.8) is 0 Å². The SMILES string of the molecule is CC(O)(CO)CNC(=O)c1nn[nH]n1. The van der Waals surface area contributed by atoms with E-state index in [0.29, 0.717) is 0 Å². The summed E-state index contributed by atoms with van der Waals surface area (Å²) in [5, 5.41) is 32.6. The molecule has 0 aromatic carbocycles. The van der Waals surface area contributed by atoms with Gasteiger partial charge >= 0.3 is 0 Å². The van der Waals surface area contributed by atoms with Gasteiger partial charge in [-0.25, -0.2) is 0 Å². The summed E-state index contributed by atoms with van der Waals surface area (Å²) in [5.41, 5.74) is -1.35. The Bertz CT molecular complexity index is 296. The van der Waals surface area contributed by atoms with Gasteiger partial charge < -0.3 is 15.5 Å². The molecule has 78 valence electrons. The lowest BCUT2D eigenvalue weighted by molar-refractivity contribution is 0.00312. The Kier molecular flexibility index (Phi) is 3.10. The van der Waals surface area contributed by atoms with Crippen LogP contribution in [0.25, 0.3) is 0 Å². The van der Waals surface area contributed by atoms with Gasteiger partial charge in [0.2, 0.25) is 0 Å². The van der Waals surface area contributed by atoms with Crippen molar-refractivity contribution in [2.75, 3.05) is 13.2 Å². The van der Waals surface area contributed by atoms with Gasteiger partial charge in [-0.1, -0.05) is 0 Å². The molecule has 1 aromatic rings. The first-order chi connectivity index (χ1) is 6.55. The quantitative estimate of drug-likeness (QED) is 0.433. The second kappa shape index (κ2) is 4.11. The van der Waals surface area contributed by atoms with Crippen molar-refractivity contribution in [1.29, 1.82) is 0 Å². The largest absolute Gasteiger partial charge is 0.393 e. The van der Waals surface area contributed by atoms with Crippen LogP contribution in [0, 0.1) is 0 Å².